The average molecular weight is 424 g/mol. The molecule has 1 aliphatic rings. The minimum atomic E-state index is -0.469. The summed E-state index contributed by atoms with van der Waals surface area (Å²) >= 11 is 0. The highest BCUT2D eigenvalue weighted by atomic mass is 16.6. The highest BCUT2D eigenvalue weighted by Crippen LogP contribution is 2.39. The number of hydrogen-bond acceptors (Lipinski definition) is 7. The van der Waals surface area contributed by atoms with Crippen molar-refractivity contribution in [1.29, 1.82) is 0 Å². The largest absolute Gasteiger partial charge is 0.496 e. The number of H-pyrrole nitrogens is 1. The van der Waals surface area contributed by atoms with Crippen LogP contribution in [0.25, 0.3) is 0 Å². The lowest BCUT2D eigenvalue weighted by Crippen LogP contribution is -2.23. The second-order valence-corrected chi connectivity index (χ2v) is 6.95. The third-order valence-electron chi connectivity index (χ3n) is 5.14. The predicted octanol–water partition coefficient (Wildman–Crippen LogP) is 3.39. The molecule has 10 heteroatoms. The van der Waals surface area contributed by atoms with Gasteiger partial charge in [0.05, 0.1) is 19.1 Å². The Balaban J connectivity index is 1.59. The first-order valence-electron chi connectivity index (χ1n) is 9.45. The number of fused-ring (bicyclic) bond motifs is 1. The Hall–Kier alpha value is -4.08. The molecule has 3 aromatic rings. The maximum atomic E-state index is 12.0. The van der Waals surface area contributed by atoms with Crippen LogP contribution in [0.5, 0.6) is 17.2 Å². The summed E-state index contributed by atoms with van der Waals surface area (Å²) in [6.07, 6.45) is 2.06. The van der Waals surface area contributed by atoms with Gasteiger partial charge in [0.2, 0.25) is 5.91 Å². The van der Waals surface area contributed by atoms with Crippen LogP contribution in [0, 0.1) is 10.1 Å². The molecule has 2 N–H and O–H groups in total. The quantitative estimate of drug-likeness (QED) is 0.439. The van der Waals surface area contributed by atoms with Crippen LogP contribution in [-0.2, 0) is 11.4 Å². The van der Waals surface area contributed by atoms with E-state index in [1.54, 1.807) is 12.3 Å². The molecular formula is C21H20N4O6. The van der Waals surface area contributed by atoms with Crippen LogP contribution in [0.4, 0.5) is 11.5 Å². The zero-order chi connectivity index (χ0) is 22.0. The van der Waals surface area contributed by atoms with E-state index < -0.39 is 4.92 Å². The SMILES string of the molecule is COc1ccc([N+](=O)[O-])cc1COc1ccc(C2CC(=O)Nc3n[nH]cc32)cc1OC. The number of hydrogen-bond donors (Lipinski definition) is 2. The number of aromatic nitrogens is 2. The van der Waals surface area contributed by atoms with Gasteiger partial charge in [0.1, 0.15) is 12.4 Å². The van der Waals surface area contributed by atoms with Crippen molar-refractivity contribution in [2.75, 3.05) is 19.5 Å². The van der Waals surface area contributed by atoms with Crippen LogP contribution in [0.3, 0.4) is 0 Å². The van der Waals surface area contributed by atoms with E-state index in [0.29, 0.717) is 35.1 Å². The van der Waals surface area contributed by atoms with Gasteiger partial charge in [-0.25, -0.2) is 0 Å². The molecule has 1 aliphatic heterocycles. The Labute approximate surface area is 177 Å². The van der Waals surface area contributed by atoms with Gasteiger partial charge in [0.15, 0.2) is 17.3 Å². The van der Waals surface area contributed by atoms with Crippen molar-refractivity contribution in [3.8, 4) is 17.2 Å². The first-order chi connectivity index (χ1) is 15.0. The summed E-state index contributed by atoms with van der Waals surface area (Å²) in [7, 11) is 3.02. The van der Waals surface area contributed by atoms with E-state index in [2.05, 4.69) is 15.5 Å². The highest BCUT2D eigenvalue weighted by molar-refractivity contribution is 5.94. The first kappa shape index (κ1) is 20.2. The minimum absolute atomic E-state index is 0.0480. The summed E-state index contributed by atoms with van der Waals surface area (Å²) in [6.45, 7) is 0.0538. The lowest BCUT2D eigenvalue weighted by atomic mass is 9.87. The van der Waals surface area contributed by atoms with Crippen LogP contribution in [0.2, 0.25) is 0 Å². The van der Waals surface area contributed by atoms with E-state index in [0.717, 1.165) is 11.1 Å². The van der Waals surface area contributed by atoms with E-state index >= 15 is 0 Å². The number of benzene rings is 2. The van der Waals surface area contributed by atoms with Crippen molar-refractivity contribution < 1.29 is 23.9 Å². The number of carbonyl (C=O) groups excluding carboxylic acids is 1. The molecule has 0 fully saturated rings. The molecule has 0 saturated heterocycles. The molecule has 31 heavy (non-hydrogen) atoms. The standard InChI is InChI=1S/C21H20N4O6/c1-29-17-6-4-14(25(27)28)7-13(17)11-31-18-5-3-12(8-19(18)30-2)15-9-20(26)23-21-16(15)10-22-24-21/h3-8,10,15H,9,11H2,1-2H3,(H2,22,23,24,26). The Bertz CT molecular complexity index is 1140. The fraction of sp³-hybridized carbons (Fsp3) is 0.238. The number of rotatable bonds is 7. The summed E-state index contributed by atoms with van der Waals surface area (Å²) in [5, 5.41) is 20.7. The van der Waals surface area contributed by atoms with E-state index in [9.17, 15) is 14.9 Å². The van der Waals surface area contributed by atoms with E-state index in [1.165, 1.54) is 32.4 Å². The topological polar surface area (TPSA) is 129 Å². The van der Waals surface area contributed by atoms with Gasteiger partial charge in [0.25, 0.3) is 5.69 Å². The second kappa shape index (κ2) is 8.34. The fourth-order valence-corrected chi connectivity index (χ4v) is 3.61. The summed E-state index contributed by atoms with van der Waals surface area (Å²) in [5.41, 5.74) is 2.27. The molecule has 160 valence electrons. The van der Waals surface area contributed by atoms with Gasteiger partial charge in [-0.15, -0.1) is 0 Å². The lowest BCUT2D eigenvalue weighted by molar-refractivity contribution is -0.385. The minimum Gasteiger partial charge on any atom is -0.496 e. The molecule has 0 spiro atoms. The summed E-state index contributed by atoms with van der Waals surface area (Å²) in [4.78, 5) is 22.6. The highest BCUT2D eigenvalue weighted by Gasteiger charge is 2.29. The van der Waals surface area contributed by atoms with Crippen molar-refractivity contribution in [1.82, 2.24) is 10.2 Å². The zero-order valence-corrected chi connectivity index (χ0v) is 16.9. The third kappa shape index (κ3) is 4.00. The normalized spacial score (nSPS) is 15.0. The second-order valence-electron chi connectivity index (χ2n) is 6.95. The van der Waals surface area contributed by atoms with Crippen LogP contribution in [-0.4, -0.2) is 35.2 Å². The van der Waals surface area contributed by atoms with Crippen molar-refractivity contribution in [2.24, 2.45) is 0 Å². The molecule has 0 aliphatic carbocycles. The number of nitro groups is 1. The number of aromatic amines is 1. The van der Waals surface area contributed by atoms with Crippen molar-refractivity contribution in [3.63, 3.8) is 0 Å². The van der Waals surface area contributed by atoms with Crippen molar-refractivity contribution in [3.05, 3.63) is 69.4 Å². The number of anilines is 1. The summed E-state index contributed by atoms with van der Waals surface area (Å²) in [6, 6.07) is 9.77. The molecule has 4 rings (SSSR count). The molecule has 2 aromatic carbocycles. The summed E-state index contributed by atoms with van der Waals surface area (Å²) in [5.74, 6) is 1.69. The molecule has 1 aromatic heterocycles. The Morgan fingerprint density at radius 3 is 2.65 bits per heavy atom. The predicted molar refractivity (Wildman–Crippen MR) is 111 cm³/mol. The molecule has 10 nitrogen and oxygen atoms in total. The number of non-ortho nitro benzene ring substituents is 1. The van der Waals surface area contributed by atoms with Crippen LogP contribution in [0.1, 0.15) is 29.0 Å². The number of nitro benzene ring substituents is 1. The average Bonchev–Trinajstić information content (AvgIpc) is 3.25. The van der Waals surface area contributed by atoms with Gasteiger partial charge < -0.3 is 19.5 Å². The van der Waals surface area contributed by atoms with Gasteiger partial charge in [-0.05, 0) is 23.8 Å². The first-order valence-corrected chi connectivity index (χ1v) is 9.45. The molecule has 1 atom stereocenters. The number of amides is 1. The zero-order valence-electron chi connectivity index (χ0n) is 16.9. The number of carbonyl (C=O) groups is 1. The molecular weight excluding hydrogens is 404 g/mol. The van der Waals surface area contributed by atoms with Crippen molar-refractivity contribution in [2.45, 2.75) is 18.9 Å². The number of methoxy groups -OCH3 is 2. The van der Waals surface area contributed by atoms with E-state index in [1.807, 2.05) is 12.1 Å². The molecule has 1 unspecified atom stereocenters. The monoisotopic (exact) mass is 424 g/mol. The molecule has 2 heterocycles. The van der Waals surface area contributed by atoms with E-state index in [4.69, 9.17) is 14.2 Å². The van der Waals surface area contributed by atoms with Gasteiger partial charge in [-0.2, -0.15) is 5.10 Å². The molecule has 1 amide bonds. The number of nitrogens with one attached hydrogen (secondary N) is 2. The van der Waals surface area contributed by atoms with Gasteiger partial charge in [0, 0.05) is 41.8 Å². The van der Waals surface area contributed by atoms with Gasteiger partial charge in [-0.1, -0.05) is 6.07 Å². The Morgan fingerprint density at radius 1 is 1.13 bits per heavy atom. The number of ether oxygens (including phenoxy) is 3. The maximum absolute atomic E-state index is 12.0. The van der Waals surface area contributed by atoms with Crippen molar-refractivity contribution >= 4 is 17.4 Å². The Morgan fingerprint density at radius 2 is 1.90 bits per heavy atom. The van der Waals surface area contributed by atoms with Crippen LogP contribution in [0.15, 0.2) is 42.6 Å². The van der Waals surface area contributed by atoms with Gasteiger partial charge >= 0.3 is 0 Å². The van der Waals surface area contributed by atoms with E-state index in [-0.39, 0.29) is 24.1 Å². The fourth-order valence-electron chi connectivity index (χ4n) is 3.61. The maximum Gasteiger partial charge on any atom is 0.270 e. The van der Waals surface area contributed by atoms with Crippen LogP contribution >= 0.6 is 0 Å². The lowest BCUT2D eigenvalue weighted by Gasteiger charge is -2.23. The summed E-state index contributed by atoms with van der Waals surface area (Å²) < 4.78 is 16.7. The Kier molecular flexibility index (Phi) is 5.44. The number of nitrogens with zero attached hydrogens (tertiary/aromatic N) is 2. The van der Waals surface area contributed by atoms with Crippen LogP contribution < -0.4 is 19.5 Å². The smallest absolute Gasteiger partial charge is 0.270 e. The third-order valence-corrected chi connectivity index (χ3v) is 5.14. The van der Waals surface area contributed by atoms with Gasteiger partial charge in [-0.3, -0.25) is 20.0 Å². The molecule has 0 radical (unpaired) electrons. The molecule has 0 bridgehead atoms. The molecule has 0 saturated carbocycles.